The van der Waals surface area contributed by atoms with Crippen molar-refractivity contribution in [1.29, 1.82) is 0 Å². The lowest BCUT2D eigenvalue weighted by atomic mass is 9.90. The lowest BCUT2D eigenvalue weighted by Crippen LogP contribution is -2.47. The second kappa shape index (κ2) is 8.43. The van der Waals surface area contributed by atoms with Crippen LogP contribution in [0.1, 0.15) is 55.8 Å². The Hall–Kier alpha value is -2.21. The number of aromatic nitrogens is 1. The molecule has 3 rings (SSSR count). The molecule has 1 N–H and O–H groups in total. The maximum absolute atomic E-state index is 13.0. The number of nitrogens with zero attached hydrogens (tertiary/aromatic N) is 2. The maximum atomic E-state index is 13.0. The fourth-order valence-corrected chi connectivity index (χ4v) is 4.39. The van der Waals surface area contributed by atoms with E-state index in [9.17, 15) is 9.59 Å². The predicted molar refractivity (Wildman–Crippen MR) is 112 cm³/mol. The molecular formula is C22H29N3O2S. The standard InChI is InChI=1S/C22H29N3O2S/c1-15-7-5-11-23-18(15)19(17-8-6-14-28-17)24-20(26)16-9-12-25(13-10-16)21(27)22(2,3)4/h5-8,11,14,16,19H,9-10,12-13H2,1-4H3,(H,24,26). The summed E-state index contributed by atoms with van der Waals surface area (Å²) in [5.74, 6) is 0.133. The number of hydrogen-bond donors (Lipinski definition) is 1. The van der Waals surface area contributed by atoms with E-state index in [1.54, 1.807) is 17.5 Å². The Labute approximate surface area is 171 Å². The number of piperidine rings is 1. The summed E-state index contributed by atoms with van der Waals surface area (Å²) in [6.07, 6.45) is 3.17. The first-order valence-corrected chi connectivity index (χ1v) is 10.7. The Morgan fingerprint density at radius 1 is 1.21 bits per heavy atom. The van der Waals surface area contributed by atoms with Gasteiger partial charge in [-0.2, -0.15) is 0 Å². The van der Waals surface area contributed by atoms with Gasteiger partial charge in [0.15, 0.2) is 0 Å². The molecule has 2 amide bonds. The van der Waals surface area contributed by atoms with Gasteiger partial charge in [0, 0.05) is 35.5 Å². The van der Waals surface area contributed by atoms with Crippen LogP contribution in [-0.2, 0) is 9.59 Å². The Morgan fingerprint density at radius 3 is 2.50 bits per heavy atom. The van der Waals surface area contributed by atoms with Crippen LogP contribution in [0.5, 0.6) is 0 Å². The summed E-state index contributed by atoms with van der Waals surface area (Å²) in [4.78, 5) is 33.0. The molecule has 1 aliphatic rings. The van der Waals surface area contributed by atoms with Crippen molar-refractivity contribution in [3.05, 3.63) is 52.0 Å². The third kappa shape index (κ3) is 4.61. The fourth-order valence-electron chi connectivity index (χ4n) is 3.61. The summed E-state index contributed by atoms with van der Waals surface area (Å²) in [5.41, 5.74) is 1.57. The van der Waals surface area contributed by atoms with Crippen LogP contribution in [0.25, 0.3) is 0 Å². The number of hydrogen-bond acceptors (Lipinski definition) is 4. The van der Waals surface area contributed by atoms with E-state index >= 15 is 0 Å². The van der Waals surface area contributed by atoms with E-state index in [0.717, 1.165) is 16.1 Å². The minimum Gasteiger partial charge on any atom is -0.343 e. The van der Waals surface area contributed by atoms with E-state index in [4.69, 9.17) is 0 Å². The summed E-state index contributed by atoms with van der Waals surface area (Å²) in [6, 6.07) is 7.73. The molecule has 28 heavy (non-hydrogen) atoms. The molecule has 0 aliphatic carbocycles. The highest BCUT2D eigenvalue weighted by Crippen LogP contribution is 2.29. The number of rotatable bonds is 4. The zero-order valence-corrected chi connectivity index (χ0v) is 17.9. The van der Waals surface area contributed by atoms with Crippen molar-refractivity contribution in [3.8, 4) is 0 Å². The van der Waals surface area contributed by atoms with E-state index < -0.39 is 0 Å². The maximum Gasteiger partial charge on any atom is 0.227 e. The second-order valence-corrected chi connectivity index (χ2v) is 9.46. The van der Waals surface area contributed by atoms with Gasteiger partial charge in [0.1, 0.15) is 6.04 Å². The number of amides is 2. The number of aryl methyl sites for hydroxylation is 1. The van der Waals surface area contributed by atoms with Crippen LogP contribution in [0, 0.1) is 18.3 Å². The van der Waals surface area contributed by atoms with Gasteiger partial charge >= 0.3 is 0 Å². The van der Waals surface area contributed by atoms with Gasteiger partial charge in [-0.05, 0) is 42.8 Å². The highest BCUT2D eigenvalue weighted by Gasteiger charge is 2.33. The molecule has 0 bridgehead atoms. The average Bonchev–Trinajstić information content (AvgIpc) is 3.20. The molecule has 2 aromatic rings. The largest absolute Gasteiger partial charge is 0.343 e. The van der Waals surface area contributed by atoms with Crippen molar-refractivity contribution in [1.82, 2.24) is 15.2 Å². The van der Waals surface area contributed by atoms with Crippen LogP contribution in [-0.4, -0.2) is 34.8 Å². The topological polar surface area (TPSA) is 62.3 Å². The molecule has 150 valence electrons. The minimum atomic E-state index is -0.379. The van der Waals surface area contributed by atoms with Crippen molar-refractivity contribution < 1.29 is 9.59 Å². The lowest BCUT2D eigenvalue weighted by Gasteiger charge is -2.35. The number of thiophene rings is 1. The van der Waals surface area contributed by atoms with Gasteiger partial charge in [-0.3, -0.25) is 14.6 Å². The van der Waals surface area contributed by atoms with Gasteiger partial charge in [0.25, 0.3) is 0 Å². The summed E-state index contributed by atoms with van der Waals surface area (Å²) in [6.45, 7) is 9.12. The molecule has 0 aromatic carbocycles. The normalized spacial score (nSPS) is 16.6. The minimum absolute atomic E-state index is 0.0475. The molecule has 0 spiro atoms. The van der Waals surface area contributed by atoms with Gasteiger partial charge in [0.05, 0.1) is 5.69 Å². The van der Waals surface area contributed by atoms with Crippen LogP contribution >= 0.6 is 11.3 Å². The van der Waals surface area contributed by atoms with Crippen LogP contribution in [0.15, 0.2) is 35.8 Å². The zero-order valence-electron chi connectivity index (χ0n) is 17.1. The lowest BCUT2D eigenvalue weighted by molar-refractivity contribution is -0.142. The summed E-state index contributed by atoms with van der Waals surface area (Å²) in [7, 11) is 0. The molecule has 6 heteroatoms. The van der Waals surface area contributed by atoms with Crippen LogP contribution < -0.4 is 5.32 Å². The number of pyridine rings is 1. The van der Waals surface area contributed by atoms with Gasteiger partial charge < -0.3 is 10.2 Å². The smallest absolute Gasteiger partial charge is 0.227 e. The Kier molecular flexibility index (Phi) is 6.18. The summed E-state index contributed by atoms with van der Waals surface area (Å²) in [5, 5.41) is 5.24. The van der Waals surface area contributed by atoms with Crippen molar-refractivity contribution in [2.75, 3.05) is 13.1 Å². The number of carbonyl (C=O) groups is 2. The van der Waals surface area contributed by atoms with Crippen LogP contribution in [0.3, 0.4) is 0 Å². The zero-order chi connectivity index (χ0) is 20.3. The average molecular weight is 400 g/mol. The van der Waals surface area contributed by atoms with E-state index in [0.29, 0.717) is 25.9 Å². The van der Waals surface area contributed by atoms with E-state index in [-0.39, 0.29) is 29.2 Å². The van der Waals surface area contributed by atoms with Gasteiger partial charge in [-0.1, -0.05) is 32.9 Å². The number of likely N-dealkylation sites (tertiary alicyclic amines) is 1. The summed E-state index contributed by atoms with van der Waals surface area (Å²) < 4.78 is 0. The fraction of sp³-hybridized carbons (Fsp3) is 0.500. The first-order chi connectivity index (χ1) is 13.3. The highest BCUT2D eigenvalue weighted by atomic mass is 32.1. The monoisotopic (exact) mass is 399 g/mol. The third-order valence-electron chi connectivity index (χ3n) is 5.23. The molecule has 1 unspecified atom stereocenters. The Morgan fingerprint density at radius 2 is 1.93 bits per heavy atom. The van der Waals surface area contributed by atoms with Crippen molar-refractivity contribution in [3.63, 3.8) is 0 Å². The van der Waals surface area contributed by atoms with Crippen molar-refractivity contribution in [2.24, 2.45) is 11.3 Å². The quantitative estimate of drug-likeness (QED) is 0.847. The van der Waals surface area contributed by atoms with Gasteiger partial charge in [-0.25, -0.2) is 0 Å². The molecule has 1 aliphatic heterocycles. The first kappa shape index (κ1) is 20.5. The molecular weight excluding hydrogens is 370 g/mol. The van der Waals surface area contributed by atoms with E-state index in [2.05, 4.69) is 10.3 Å². The number of nitrogens with one attached hydrogen (secondary N) is 1. The molecule has 1 saturated heterocycles. The van der Waals surface area contributed by atoms with Crippen molar-refractivity contribution >= 4 is 23.2 Å². The molecule has 0 radical (unpaired) electrons. The molecule has 1 atom stereocenters. The van der Waals surface area contributed by atoms with Crippen LogP contribution in [0.2, 0.25) is 0 Å². The highest BCUT2D eigenvalue weighted by molar-refractivity contribution is 7.10. The number of carbonyl (C=O) groups excluding carboxylic acids is 2. The Bertz CT molecular complexity index is 819. The van der Waals surface area contributed by atoms with Gasteiger partial charge in [-0.15, -0.1) is 11.3 Å². The second-order valence-electron chi connectivity index (χ2n) is 8.48. The molecule has 1 fully saturated rings. The first-order valence-electron chi connectivity index (χ1n) is 9.82. The van der Waals surface area contributed by atoms with E-state index in [1.807, 2.05) is 62.2 Å². The Balaban J connectivity index is 1.69. The molecule has 3 heterocycles. The third-order valence-corrected chi connectivity index (χ3v) is 6.17. The van der Waals surface area contributed by atoms with Gasteiger partial charge in [0.2, 0.25) is 11.8 Å². The van der Waals surface area contributed by atoms with E-state index in [1.165, 1.54) is 0 Å². The predicted octanol–water partition coefficient (Wildman–Crippen LogP) is 3.94. The van der Waals surface area contributed by atoms with Crippen LogP contribution in [0.4, 0.5) is 0 Å². The summed E-state index contributed by atoms with van der Waals surface area (Å²) >= 11 is 1.62. The SMILES string of the molecule is Cc1cccnc1C(NC(=O)C1CCN(C(=O)C(C)(C)C)CC1)c1cccs1. The molecule has 5 nitrogen and oxygen atoms in total. The van der Waals surface area contributed by atoms with Crippen molar-refractivity contribution in [2.45, 2.75) is 46.6 Å². The molecule has 2 aromatic heterocycles. The molecule has 0 saturated carbocycles.